The van der Waals surface area contributed by atoms with Gasteiger partial charge in [-0.2, -0.15) is 0 Å². The Morgan fingerprint density at radius 3 is 2.46 bits per heavy atom. The third kappa shape index (κ3) is 4.55. The highest BCUT2D eigenvalue weighted by Gasteiger charge is 2.34. The molecule has 0 saturated heterocycles. The van der Waals surface area contributed by atoms with Crippen molar-refractivity contribution < 1.29 is 14.3 Å². The van der Waals surface area contributed by atoms with Gasteiger partial charge in [-0.1, -0.05) is 23.7 Å². The molecule has 0 saturated carbocycles. The lowest BCUT2D eigenvalue weighted by atomic mass is 9.85. The van der Waals surface area contributed by atoms with Gasteiger partial charge in [-0.3, -0.25) is 9.59 Å². The van der Waals surface area contributed by atoms with Crippen molar-refractivity contribution in [3.05, 3.63) is 68.3 Å². The molecule has 0 amide bonds. The third-order valence-electron chi connectivity index (χ3n) is 3.54. The maximum Gasteiger partial charge on any atom is 0.324 e. The van der Waals surface area contributed by atoms with E-state index in [0.29, 0.717) is 16.1 Å². The van der Waals surface area contributed by atoms with Gasteiger partial charge in [0.1, 0.15) is 6.04 Å². The number of halogens is 2. The average Bonchev–Trinajstić information content (AvgIpc) is 2.56. The second-order valence-corrected chi connectivity index (χ2v) is 6.86. The van der Waals surface area contributed by atoms with Crippen molar-refractivity contribution in [3.63, 3.8) is 0 Å². The Hall–Kier alpha value is -1.44. The maximum absolute atomic E-state index is 13.0. The quantitative estimate of drug-likeness (QED) is 0.407. The molecule has 24 heavy (non-hydrogen) atoms. The summed E-state index contributed by atoms with van der Waals surface area (Å²) in [6.45, 7) is 1.91. The molecule has 126 valence electrons. The van der Waals surface area contributed by atoms with Gasteiger partial charge in [0.15, 0.2) is 5.78 Å². The predicted octanol–water partition coefficient (Wildman–Crippen LogP) is 3.80. The SMILES string of the molecule is CCOC(=O)C(N)C(C(=O)c1ccc(Cl)cc1)c1cccc(I)c1. The maximum atomic E-state index is 13.0. The highest BCUT2D eigenvalue weighted by Crippen LogP contribution is 2.26. The summed E-state index contributed by atoms with van der Waals surface area (Å²) in [5.74, 6) is -1.65. The van der Waals surface area contributed by atoms with E-state index in [0.717, 1.165) is 3.57 Å². The van der Waals surface area contributed by atoms with Gasteiger partial charge in [0.2, 0.25) is 0 Å². The average molecular weight is 458 g/mol. The Bertz CT molecular complexity index is 733. The van der Waals surface area contributed by atoms with Crippen molar-refractivity contribution >= 4 is 45.9 Å². The Morgan fingerprint density at radius 1 is 1.21 bits per heavy atom. The Labute approximate surface area is 159 Å². The predicted molar refractivity (Wildman–Crippen MR) is 102 cm³/mol. The summed E-state index contributed by atoms with van der Waals surface area (Å²) in [6, 6.07) is 12.8. The molecule has 0 bridgehead atoms. The van der Waals surface area contributed by atoms with Gasteiger partial charge in [-0.15, -0.1) is 0 Å². The van der Waals surface area contributed by atoms with Gasteiger partial charge in [0.05, 0.1) is 12.5 Å². The monoisotopic (exact) mass is 457 g/mol. The Morgan fingerprint density at radius 2 is 1.88 bits per heavy atom. The van der Waals surface area contributed by atoms with E-state index in [1.54, 1.807) is 37.3 Å². The zero-order valence-corrected chi connectivity index (χ0v) is 16.0. The number of rotatable bonds is 6. The van der Waals surface area contributed by atoms with E-state index in [2.05, 4.69) is 22.6 Å². The number of benzene rings is 2. The number of nitrogens with two attached hydrogens (primary N) is 1. The zero-order valence-electron chi connectivity index (χ0n) is 13.0. The normalized spacial score (nSPS) is 13.2. The first-order chi connectivity index (χ1) is 11.4. The van der Waals surface area contributed by atoms with Crippen LogP contribution in [0.25, 0.3) is 0 Å². The van der Waals surface area contributed by atoms with Gasteiger partial charge < -0.3 is 10.5 Å². The van der Waals surface area contributed by atoms with Crippen LogP contribution in [0.3, 0.4) is 0 Å². The van der Waals surface area contributed by atoms with Gasteiger partial charge in [0, 0.05) is 14.2 Å². The molecule has 0 fully saturated rings. The molecule has 0 heterocycles. The van der Waals surface area contributed by atoms with Gasteiger partial charge in [-0.25, -0.2) is 0 Å². The number of carbonyl (C=O) groups is 2. The first-order valence-electron chi connectivity index (χ1n) is 7.41. The van der Waals surface area contributed by atoms with Crippen molar-refractivity contribution in [3.8, 4) is 0 Å². The van der Waals surface area contributed by atoms with E-state index < -0.39 is 17.9 Å². The van der Waals surface area contributed by atoms with Crippen LogP contribution in [0, 0.1) is 3.57 Å². The second kappa shape index (κ2) is 8.60. The lowest BCUT2D eigenvalue weighted by Crippen LogP contribution is -2.41. The van der Waals surface area contributed by atoms with Crippen molar-refractivity contribution in [1.29, 1.82) is 0 Å². The van der Waals surface area contributed by atoms with Crippen LogP contribution >= 0.6 is 34.2 Å². The Balaban J connectivity index is 2.43. The number of ether oxygens (including phenoxy) is 1. The molecule has 0 aromatic heterocycles. The van der Waals surface area contributed by atoms with E-state index in [1.165, 1.54) is 0 Å². The van der Waals surface area contributed by atoms with Gasteiger partial charge >= 0.3 is 5.97 Å². The highest BCUT2D eigenvalue weighted by molar-refractivity contribution is 14.1. The summed E-state index contributed by atoms with van der Waals surface area (Å²) >= 11 is 8.03. The molecule has 6 heteroatoms. The number of ketones is 1. The fourth-order valence-corrected chi connectivity index (χ4v) is 3.08. The molecular weight excluding hydrogens is 441 g/mol. The number of esters is 1. The summed E-state index contributed by atoms with van der Waals surface area (Å²) in [4.78, 5) is 25.1. The fourth-order valence-electron chi connectivity index (χ4n) is 2.39. The number of carbonyl (C=O) groups excluding carboxylic acids is 2. The topological polar surface area (TPSA) is 69.4 Å². The minimum absolute atomic E-state index is 0.209. The molecular formula is C18H17ClINO3. The van der Waals surface area contributed by atoms with E-state index in [9.17, 15) is 9.59 Å². The molecule has 2 aromatic rings. The standard InChI is InChI=1S/C18H17ClINO3/c1-2-24-18(23)16(21)15(12-4-3-5-14(20)10-12)17(22)11-6-8-13(19)9-7-11/h3-10,15-16H,2,21H2,1H3. The zero-order chi connectivity index (χ0) is 17.7. The summed E-state index contributed by atoms with van der Waals surface area (Å²) in [7, 11) is 0. The molecule has 2 N–H and O–H groups in total. The second-order valence-electron chi connectivity index (χ2n) is 5.18. The minimum Gasteiger partial charge on any atom is -0.465 e. The molecule has 4 nitrogen and oxygen atoms in total. The van der Waals surface area contributed by atoms with Gasteiger partial charge in [-0.05, 0) is 71.5 Å². The van der Waals surface area contributed by atoms with E-state index in [-0.39, 0.29) is 12.4 Å². The molecule has 0 aliphatic carbocycles. The summed E-state index contributed by atoms with van der Waals surface area (Å²) in [5, 5.41) is 0.534. The highest BCUT2D eigenvalue weighted by atomic mass is 127. The van der Waals surface area contributed by atoms with Crippen LogP contribution in [0.1, 0.15) is 28.8 Å². The van der Waals surface area contributed by atoms with E-state index >= 15 is 0 Å². The van der Waals surface area contributed by atoms with Crippen LogP contribution in [0.15, 0.2) is 48.5 Å². The smallest absolute Gasteiger partial charge is 0.324 e. The van der Waals surface area contributed by atoms with Crippen LogP contribution < -0.4 is 5.73 Å². The van der Waals surface area contributed by atoms with Crippen molar-refractivity contribution in [2.45, 2.75) is 18.9 Å². The van der Waals surface area contributed by atoms with Crippen molar-refractivity contribution in [2.75, 3.05) is 6.61 Å². The number of Topliss-reactive ketones (excluding diaryl/α,β-unsaturated/α-hetero) is 1. The lowest BCUT2D eigenvalue weighted by Gasteiger charge is -2.22. The van der Waals surface area contributed by atoms with Gasteiger partial charge in [0.25, 0.3) is 0 Å². The molecule has 0 aliphatic heterocycles. The molecule has 0 spiro atoms. The molecule has 0 aliphatic rings. The van der Waals surface area contributed by atoms with Crippen LogP contribution in [-0.4, -0.2) is 24.4 Å². The molecule has 2 atom stereocenters. The minimum atomic E-state index is -1.08. The first kappa shape index (κ1) is 18.9. The van der Waals surface area contributed by atoms with Crippen LogP contribution in [0.2, 0.25) is 5.02 Å². The van der Waals surface area contributed by atoms with Crippen LogP contribution in [0.4, 0.5) is 0 Å². The molecule has 0 radical (unpaired) electrons. The van der Waals surface area contributed by atoms with Crippen LogP contribution in [0.5, 0.6) is 0 Å². The van der Waals surface area contributed by atoms with Crippen LogP contribution in [-0.2, 0) is 9.53 Å². The number of hydrogen-bond donors (Lipinski definition) is 1. The fraction of sp³-hybridized carbons (Fsp3) is 0.222. The molecule has 2 rings (SSSR count). The molecule has 2 unspecified atom stereocenters. The summed E-state index contributed by atoms with van der Waals surface area (Å²) < 4.78 is 5.96. The number of hydrogen-bond acceptors (Lipinski definition) is 4. The van der Waals surface area contributed by atoms with E-state index in [1.807, 2.05) is 18.2 Å². The summed E-state index contributed by atoms with van der Waals surface area (Å²) in [6.07, 6.45) is 0. The first-order valence-corrected chi connectivity index (χ1v) is 8.87. The summed E-state index contributed by atoms with van der Waals surface area (Å²) in [5.41, 5.74) is 7.20. The van der Waals surface area contributed by atoms with Crippen molar-refractivity contribution in [1.82, 2.24) is 0 Å². The third-order valence-corrected chi connectivity index (χ3v) is 4.46. The largest absolute Gasteiger partial charge is 0.465 e. The van der Waals surface area contributed by atoms with E-state index in [4.69, 9.17) is 22.1 Å². The lowest BCUT2D eigenvalue weighted by molar-refractivity contribution is -0.145. The Kier molecular flexibility index (Phi) is 6.77. The molecule has 2 aromatic carbocycles. The van der Waals surface area contributed by atoms with Crippen molar-refractivity contribution in [2.24, 2.45) is 5.73 Å².